The fourth-order valence-electron chi connectivity index (χ4n) is 3.09. The number of hydrogen-bond donors (Lipinski definition) is 2. The van der Waals surface area contributed by atoms with Crippen molar-refractivity contribution in [2.45, 2.75) is 12.6 Å². The fraction of sp³-hybridized carbons (Fsp3) is 0.105. The lowest BCUT2D eigenvalue weighted by atomic mass is 10.0. The Bertz CT molecular complexity index is 976. The van der Waals surface area contributed by atoms with Crippen LogP contribution in [0.1, 0.15) is 6.92 Å². The van der Waals surface area contributed by atoms with Crippen LogP contribution in [-0.2, 0) is 4.74 Å². The van der Waals surface area contributed by atoms with Crippen molar-refractivity contribution in [2.24, 2.45) is 5.73 Å². The first-order valence-corrected chi connectivity index (χ1v) is 8.45. The molecule has 2 heterocycles. The van der Waals surface area contributed by atoms with E-state index in [1.807, 2.05) is 42.5 Å². The van der Waals surface area contributed by atoms with Crippen LogP contribution in [0.3, 0.4) is 0 Å². The van der Waals surface area contributed by atoms with E-state index in [2.05, 4.69) is 27.3 Å². The lowest BCUT2D eigenvalue weighted by Gasteiger charge is -2.30. The number of hydrogen-bond acceptors (Lipinski definition) is 5. The summed E-state index contributed by atoms with van der Waals surface area (Å²) in [6, 6.07) is 16.1. The van der Waals surface area contributed by atoms with Gasteiger partial charge in [0.25, 0.3) is 0 Å². The van der Waals surface area contributed by atoms with Gasteiger partial charge in [-0.2, -0.15) is 5.26 Å². The lowest BCUT2D eigenvalue weighted by Crippen LogP contribution is -2.44. The average Bonchev–Trinajstić information content (AvgIpc) is 2.94. The van der Waals surface area contributed by atoms with Crippen LogP contribution in [0.15, 0.2) is 70.2 Å². The highest BCUT2D eigenvalue weighted by molar-refractivity contribution is 9.10. The second-order valence-electron chi connectivity index (χ2n) is 5.87. The summed E-state index contributed by atoms with van der Waals surface area (Å²) in [5.74, 6) is 1.24. The van der Waals surface area contributed by atoms with Gasteiger partial charge >= 0.3 is 0 Å². The molecule has 2 aliphatic heterocycles. The maximum Gasteiger partial charge on any atom is 0.245 e. The maximum absolute atomic E-state index is 9.53. The van der Waals surface area contributed by atoms with Crippen molar-refractivity contribution in [2.75, 3.05) is 5.32 Å². The van der Waals surface area contributed by atoms with E-state index in [1.165, 1.54) is 0 Å². The molecular weight excluding hydrogens is 382 g/mol. The van der Waals surface area contributed by atoms with Gasteiger partial charge < -0.3 is 20.5 Å². The van der Waals surface area contributed by atoms with Crippen LogP contribution in [0.25, 0.3) is 11.1 Å². The Morgan fingerprint density at radius 2 is 1.96 bits per heavy atom. The number of nitriles is 1. The highest BCUT2D eigenvalue weighted by Gasteiger charge is 2.46. The van der Waals surface area contributed by atoms with E-state index in [4.69, 9.17) is 15.2 Å². The van der Waals surface area contributed by atoms with E-state index in [0.29, 0.717) is 11.5 Å². The second kappa shape index (κ2) is 5.57. The minimum Gasteiger partial charge on any atom is -0.456 e. The Balaban J connectivity index is 1.82. The summed E-state index contributed by atoms with van der Waals surface area (Å²) in [6.45, 7) is 1.77. The molecular formula is C19H14BrN3O2. The third kappa shape index (κ3) is 2.44. The molecule has 1 atom stereocenters. The van der Waals surface area contributed by atoms with Crippen molar-refractivity contribution in [3.63, 3.8) is 0 Å². The highest BCUT2D eigenvalue weighted by atomic mass is 79.9. The zero-order valence-electron chi connectivity index (χ0n) is 13.3. The summed E-state index contributed by atoms with van der Waals surface area (Å²) in [6.07, 6.45) is 1.72. The van der Waals surface area contributed by atoms with Crippen molar-refractivity contribution >= 4 is 21.6 Å². The van der Waals surface area contributed by atoms with Gasteiger partial charge in [-0.3, -0.25) is 0 Å². The van der Waals surface area contributed by atoms with Crippen LogP contribution in [-0.4, -0.2) is 5.72 Å². The first-order chi connectivity index (χ1) is 12.0. The summed E-state index contributed by atoms with van der Waals surface area (Å²) < 4.78 is 12.3. The minimum atomic E-state index is -1.15. The zero-order chi connectivity index (χ0) is 17.6. The number of nitrogens with zero attached hydrogens (tertiary/aromatic N) is 1. The van der Waals surface area contributed by atoms with E-state index >= 15 is 0 Å². The molecule has 2 aliphatic rings. The molecule has 1 unspecified atom stereocenters. The fourth-order valence-corrected chi connectivity index (χ4v) is 3.63. The van der Waals surface area contributed by atoms with Crippen LogP contribution >= 0.6 is 15.9 Å². The maximum atomic E-state index is 9.53. The van der Waals surface area contributed by atoms with Gasteiger partial charge in [-0.15, -0.1) is 0 Å². The van der Waals surface area contributed by atoms with Crippen LogP contribution in [0, 0.1) is 11.3 Å². The van der Waals surface area contributed by atoms with Gasteiger partial charge in [-0.1, -0.05) is 30.3 Å². The Morgan fingerprint density at radius 1 is 1.20 bits per heavy atom. The van der Waals surface area contributed by atoms with Crippen molar-refractivity contribution in [1.82, 2.24) is 0 Å². The Morgan fingerprint density at radius 3 is 2.68 bits per heavy atom. The minimum absolute atomic E-state index is 0.0437. The summed E-state index contributed by atoms with van der Waals surface area (Å²) in [5.41, 5.74) is 7.83. The van der Waals surface area contributed by atoms with Gasteiger partial charge in [0.15, 0.2) is 11.3 Å². The molecule has 0 saturated heterocycles. The molecule has 0 amide bonds. The molecule has 0 aliphatic carbocycles. The number of rotatable bonds is 1. The lowest BCUT2D eigenvalue weighted by molar-refractivity contribution is 0.174. The van der Waals surface area contributed by atoms with Crippen LogP contribution < -0.4 is 15.8 Å². The molecule has 2 aromatic rings. The van der Waals surface area contributed by atoms with Crippen molar-refractivity contribution in [3.05, 3.63) is 70.2 Å². The normalized spacial score (nSPS) is 20.9. The molecule has 4 rings (SSSR count). The van der Waals surface area contributed by atoms with Crippen molar-refractivity contribution in [3.8, 4) is 22.9 Å². The summed E-state index contributed by atoms with van der Waals surface area (Å²) in [5, 5.41) is 12.8. The molecule has 3 N–H and O–H groups in total. The number of ether oxygens (including phenoxy) is 2. The van der Waals surface area contributed by atoms with Gasteiger partial charge in [-0.25, -0.2) is 0 Å². The van der Waals surface area contributed by atoms with E-state index in [0.717, 1.165) is 21.3 Å². The third-order valence-electron chi connectivity index (χ3n) is 4.14. The standard InChI is InChI=1S/C19H14BrN3O2/c1-11-9-19(14(10-21)18(22)24-11)23-16-8-13(7-15(20)17(16)25-19)12-5-3-2-4-6-12/h2-9,23H,22H2,1H3. The van der Waals surface area contributed by atoms with E-state index in [-0.39, 0.29) is 11.5 Å². The predicted molar refractivity (Wildman–Crippen MR) is 98.2 cm³/mol. The highest BCUT2D eigenvalue weighted by Crippen LogP contribution is 2.48. The smallest absolute Gasteiger partial charge is 0.245 e. The number of benzene rings is 2. The number of allylic oxidation sites excluding steroid dienone is 1. The van der Waals surface area contributed by atoms with Gasteiger partial charge in [0.1, 0.15) is 11.8 Å². The molecule has 6 heteroatoms. The van der Waals surface area contributed by atoms with E-state index in [9.17, 15) is 5.26 Å². The summed E-state index contributed by atoms with van der Waals surface area (Å²) in [7, 11) is 0. The number of fused-ring (bicyclic) bond motifs is 1. The van der Waals surface area contributed by atoms with Gasteiger partial charge in [0.2, 0.25) is 11.6 Å². The van der Waals surface area contributed by atoms with Crippen LogP contribution in [0.4, 0.5) is 5.69 Å². The molecule has 0 radical (unpaired) electrons. The zero-order valence-corrected chi connectivity index (χ0v) is 14.9. The number of nitrogens with two attached hydrogens (primary N) is 1. The molecule has 25 heavy (non-hydrogen) atoms. The SMILES string of the molecule is CC1=CC2(Nc3cc(-c4ccccc4)cc(Br)c3O2)C(C#N)=C(N)O1. The number of nitrogens with one attached hydrogen (secondary N) is 1. The molecule has 0 aromatic heterocycles. The van der Waals surface area contributed by atoms with Gasteiger partial charge in [0.05, 0.1) is 10.2 Å². The monoisotopic (exact) mass is 395 g/mol. The summed E-state index contributed by atoms with van der Waals surface area (Å²) in [4.78, 5) is 0. The molecule has 0 saturated carbocycles. The predicted octanol–water partition coefficient (Wildman–Crippen LogP) is 4.24. The topological polar surface area (TPSA) is 80.3 Å². The number of anilines is 1. The molecule has 0 bridgehead atoms. The third-order valence-corrected chi connectivity index (χ3v) is 4.73. The molecule has 124 valence electrons. The van der Waals surface area contributed by atoms with Gasteiger partial charge in [0, 0.05) is 6.08 Å². The first kappa shape index (κ1) is 15.6. The molecule has 0 fully saturated rings. The summed E-state index contributed by atoms with van der Waals surface area (Å²) >= 11 is 3.57. The van der Waals surface area contributed by atoms with E-state index < -0.39 is 5.72 Å². The average molecular weight is 396 g/mol. The molecule has 2 aromatic carbocycles. The largest absolute Gasteiger partial charge is 0.456 e. The Labute approximate surface area is 153 Å². The quantitative estimate of drug-likeness (QED) is 0.754. The van der Waals surface area contributed by atoms with Crippen LogP contribution in [0.2, 0.25) is 0 Å². The molecule has 1 spiro atoms. The van der Waals surface area contributed by atoms with E-state index in [1.54, 1.807) is 13.0 Å². The van der Waals surface area contributed by atoms with Crippen molar-refractivity contribution in [1.29, 1.82) is 5.26 Å². The van der Waals surface area contributed by atoms with Crippen molar-refractivity contribution < 1.29 is 9.47 Å². The van der Waals surface area contributed by atoms with Gasteiger partial charge in [-0.05, 0) is 46.1 Å². The second-order valence-corrected chi connectivity index (χ2v) is 6.73. The van der Waals surface area contributed by atoms with Crippen LogP contribution in [0.5, 0.6) is 5.75 Å². The Hall–Kier alpha value is -2.91. The molecule has 5 nitrogen and oxygen atoms in total. The number of halogens is 1. The Kier molecular flexibility index (Phi) is 3.48. The first-order valence-electron chi connectivity index (χ1n) is 7.66.